The summed E-state index contributed by atoms with van der Waals surface area (Å²) in [5, 5.41) is 0. The first-order chi connectivity index (χ1) is 5.93. The van der Waals surface area contributed by atoms with Crippen LogP contribution in [0.1, 0.15) is 19.3 Å². The van der Waals surface area contributed by atoms with Gasteiger partial charge in [0.2, 0.25) is 0 Å². The lowest BCUT2D eigenvalue weighted by Crippen LogP contribution is -2.21. The van der Waals surface area contributed by atoms with Gasteiger partial charge in [-0.2, -0.15) is 0 Å². The topological polar surface area (TPSA) is 18.5 Å². The van der Waals surface area contributed by atoms with Crippen LogP contribution in [0.4, 0.5) is 0 Å². The fourth-order valence-electron chi connectivity index (χ4n) is 3.42. The van der Waals surface area contributed by atoms with E-state index in [1.165, 1.54) is 19.3 Å². The van der Waals surface area contributed by atoms with E-state index in [0.29, 0.717) is 18.3 Å². The molecular weight excluding hydrogens is 152 g/mol. The smallest absolute Gasteiger partial charge is 0.0822 e. The standard InChI is InChI=1S/C10H12O2/c1-2-7-10-8-3-5(4-11-8)9(10)6(1)12-7/h5-8H,1-4H2. The normalized spacial score (nSPS) is 54.0. The minimum Gasteiger partial charge on any atom is -0.373 e. The summed E-state index contributed by atoms with van der Waals surface area (Å²) in [6.07, 6.45) is 5.20. The van der Waals surface area contributed by atoms with Crippen molar-refractivity contribution in [1.29, 1.82) is 0 Å². The lowest BCUT2D eigenvalue weighted by molar-refractivity contribution is 0.0878. The molecule has 64 valence electrons. The Labute approximate surface area is 71.5 Å². The van der Waals surface area contributed by atoms with Crippen molar-refractivity contribution < 1.29 is 9.47 Å². The predicted octanol–water partition coefficient (Wildman–Crippen LogP) is 1.26. The van der Waals surface area contributed by atoms with Gasteiger partial charge in [0.25, 0.3) is 0 Å². The second kappa shape index (κ2) is 1.78. The molecule has 0 spiro atoms. The number of fused-ring (bicyclic) bond motifs is 8. The molecule has 0 N–H and O–H groups in total. The molecular formula is C10H12O2. The van der Waals surface area contributed by atoms with Crippen LogP contribution in [0, 0.1) is 5.92 Å². The summed E-state index contributed by atoms with van der Waals surface area (Å²) in [5.74, 6) is 0.736. The maximum absolute atomic E-state index is 5.87. The van der Waals surface area contributed by atoms with E-state index in [0.717, 1.165) is 12.5 Å². The third kappa shape index (κ3) is 0.511. The van der Waals surface area contributed by atoms with Crippen LogP contribution < -0.4 is 0 Å². The summed E-state index contributed by atoms with van der Waals surface area (Å²) in [7, 11) is 0. The fourth-order valence-corrected chi connectivity index (χ4v) is 3.42. The summed E-state index contributed by atoms with van der Waals surface area (Å²) >= 11 is 0. The lowest BCUT2D eigenvalue weighted by Gasteiger charge is -2.20. The Kier molecular flexibility index (Phi) is 0.913. The Balaban J connectivity index is 1.90. The van der Waals surface area contributed by atoms with E-state index < -0.39 is 0 Å². The van der Waals surface area contributed by atoms with Crippen molar-refractivity contribution in [3.05, 3.63) is 11.1 Å². The molecule has 2 heteroatoms. The average Bonchev–Trinajstić information content (AvgIpc) is 2.83. The second-order valence-electron chi connectivity index (χ2n) is 4.36. The summed E-state index contributed by atoms with van der Waals surface area (Å²) < 4.78 is 11.5. The van der Waals surface area contributed by atoms with Crippen molar-refractivity contribution in [2.45, 2.75) is 37.6 Å². The van der Waals surface area contributed by atoms with Gasteiger partial charge in [-0.1, -0.05) is 0 Å². The quantitative estimate of drug-likeness (QED) is 0.502. The first-order valence-corrected chi connectivity index (χ1v) is 4.94. The second-order valence-corrected chi connectivity index (χ2v) is 4.36. The molecule has 0 aromatic carbocycles. The largest absolute Gasteiger partial charge is 0.373 e. The summed E-state index contributed by atoms with van der Waals surface area (Å²) in [6.45, 7) is 0.968. The van der Waals surface area contributed by atoms with Crippen LogP contribution >= 0.6 is 0 Å². The van der Waals surface area contributed by atoms with Gasteiger partial charge in [-0.3, -0.25) is 0 Å². The summed E-state index contributed by atoms with van der Waals surface area (Å²) in [5.41, 5.74) is 3.21. The van der Waals surface area contributed by atoms with E-state index >= 15 is 0 Å². The Morgan fingerprint density at radius 2 is 1.83 bits per heavy atom. The number of rotatable bonds is 0. The van der Waals surface area contributed by atoms with E-state index in [2.05, 4.69) is 0 Å². The molecule has 4 atom stereocenters. The average molecular weight is 164 g/mol. The molecule has 1 aliphatic carbocycles. The van der Waals surface area contributed by atoms with Crippen LogP contribution in [-0.4, -0.2) is 24.9 Å². The van der Waals surface area contributed by atoms with E-state index in [4.69, 9.17) is 9.47 Å². The lowest BCUT2D eigenvalue weighted by atomic mass is 9.89. The van der Waals surface area contributed by atoms with Gasteiger partial charge in [0.15, 0.2) is 0 Å². The first kappa shape index (κ1) is 6.17. The summed E-state index contributed by atoms with van der Waals surface area (Å²) in [4.78, 5) is 0. The Bertz CT molecular complexity index is 230. The van der Waals surface area contributed by atoms with Gasteiger partial charge >= 0.3 is 0 Å². The highest BCUT2D eigenvalue weighted by molar-refractivity contribution is 5.41. The SMILES string of the molecule is C1OC2CC1C1=C2C2CCC1O2. The van der Waals surface area contributed by atoms with Crippen molar-refractivity contribution in [2.24, 2.45) is 5.92 Å². The van der Waals surface area contributed by atoms with Gasteiger partial charge in [0, 0.05) is 5.92 Å². The molecule has 4 bridgehead atoms. The van der Waals surface area contributed by atoms with E-state index in [1.54, 1.807) is 11.1 Å². The zero-order valence-corrected chi connectivity index (χ0v) is 6.95. The van der Waals surface area contributed by atoms with Gasteiger partial charge in [-0.25, -0.2) is 0 Å². The Morgan fingerprint density at radius 1 is 1.00 bits per heavy atom. The molecule has 2 nitrogen and oxygen atoms in total. The molecule has 0 amide bonds. The van der Waals surface area contributed by atoms with Crippen molar-refractivity contribution in [3.8, 4) is 0 Å². The van der Waals surface area contributed by atoms with Crippen molar-refractivity contribution in [1.82, 2.24) is 0 Å². The minimum atomic E-state index is 0.459. The van der Waals surface area contributed by atoms with E-state index in [1.807, 2.05) is 0 Å². The van der Waals surface area contributed by atoms with Crippen LogP contribution in [0.2, 0.25) is 0 Å². The molecule has 3 heterocycles. The van der Waals surface area contributed by atoms with Gasteiger partial charge in [0.1, 0.15) is 0 Å². The van der Waals surface area contributed by atoms with Gasteiger partial charge in [-0.05, 0) is 30.4 Å². The molecule has 0 radical (unpaired) electrons. The molecule has 4 aliphatic rings. The third-order valence-corrected chi connectivity index (χ3v) is 3.83. The monoisotopic (exact) mass is 164 g/mol. The highest BCUT2D eigenvalue weighted by Gasteiger charge is 2.53. The zero-order chi connectivity index (χ0) is 7.71. The fraction of sp³-hybridized carbons (Fsp3) is 0.800. The van der Waals surface area contributed by atoms with Gasteiger partial charge in [0.05, 0.1) is 24.9 Å². The molecule has 12 heavy (non-hydrogen) atoms. The Hall–Kier alpha value is -0.340. The van der Waals surface area contributed by atoms with Crippen molar-refractivity contribution >= 4 is 0 Å². The number of hydrogen-bond acceptors (Lipinski definition) is 2. The predicted molar refractivity (Wildman–Crippen MR) is 42.8 cm³/mol. The minimum absolute atomic E-state index is 0.459. The third-order valence-electron chi connectivity index (χ3n) is 3.83. The maximum atomic E-state index is 5.87. The van der Waals surface area contributed by atoms with Gasteiger partial charge < -0.3 is 9.47 Å². The molecule has 2 fully saturated rings. The highest BCUT2D eigenvalue weighted by Crippen LogP contribution is 2.53. The van der Waals surface area contributed by atoms with Crippen LogP contribution in [0.15, 0.2) is 11.1 Å². The molecule has 0 aromatic heterocycles. The number of hydrogen-bond donors (Lipinski definition) is 0. The molecule has 2 saturated heterocycles. The maximum Gasteiger partial charge on any atom is 0.0822 e. The molecule has 0 aromatic rings. The van der Waals surface area contributed by atoms with Crippen LogP contribution in [0.5, 0.6) is 0 Å². The first-order valence-electron chi connectivity index (χ1n) is 4.94. The highest BCUT2D eigenvalue weighted by atomic mass is 16.5. The van der Waals surface area contributed by atoms with Crippen LogP contribution in [0.3, 0.4) is 0 Å². The number of ether oxygens (including phenoxy) is 2. The molecule has 4 rings (SSSR count). The van der Waals surface area contributed by atoms with Crippen molar-refractivity contribution in [2.75, 3.05) is 6.61 Å². The molecule has 3 aliphatic heterocycles. The molecule has 4 unspecified atom stereocenters. The van der Waals surface area contributed by atoms with Crippen molar-refractivity contribution in [3.63, 3.8) is 0 Å². The molecule has 0 saturated carbocycles. The van der Waals surface area contributed by atoms with Crippen LogP contribution in [-0.2, 0) is 9.47 Å². The Morgan fingerprint density at radius 3 is 2.67 bits per heavy atom. The van der Waals surface area contributed by atoms with E-state index in [9.17, 15) is 0 Å². The van der Waals surface area contributed by atoms with Crippen LogP contribution in [0.25, 0.3) is 0 Å². The van der Waals surface area contributed by atoms with E-state index in [-0.39, 0.29) is 0 Å². The van der Waals surface area contributed by atoms with Gasteiger partial charge in [-0.15, -0.1) is 0 Å². The zero-order valence-electron chi connectivity index (χ0n) is 6.95. The summed E-state index contributed by atoms with van der Waals surface area (Å²) in [6, 6.07) is 0.